The Morgan fingerprint density at radius 3 is 2.70 bits per heavy atom. The van der Waals surface area contributed by atoms with Gasteiger partial charge in [0, 0.05) is 78.3 Å². The number of hydrogen-bond acceptors (Lipinski definition) is 5. The predicted molar refractivity (Wildman–Crippen MR) is 185 cm³/mol. The van der Waals surface area contributed by atoms with Gasteiger partial charge in [-0.3, -0.25) is 19.5 Å². The molecule has 1 fully saturated rings. The summed E-state index contributed by atoms with van der Waals surface area (Å²) in [6.45, 7) is 3.89. The lowest BCUT2D eigenvalue weighted by atomic mass is 9.92. The van der Waals surface area contributed by atoms with Gasteiger partial charge >= 0.3 is 0 Å². The average Bonchev–Trinajstić information content (AvgIpc) is 3.70. The highest BCUT2D eigenvalue weighted by Crippen LogP contribution is 2.33. The number of aromatic nitrogens is 2. The van der Waals surface area contributed by atoms with Crippen LogP contribution in [0.1, 0.15) is 52.9 Å². The lowest BCUT2D eigenvalue weighted by molar-refractivity contribution is -0.124. The molecule has 1 saturated heterocycles. The molecule has 1 aliphatic carbocycles. The number of hydrogen-bond donors (Lipinski definition) is 3. The van der Waals surface area contributed by atoms with Crippen LogP contribution < -0.4 is 16.0 Å². The van der Waals surface area contributed by atoms with Gasteiger partial charge in [-0.1, -0.05) is 30.3 Å². The third-order valence-corrected chi connectivity index (χ3v) is 9.53. The molecular weight excluding hydrogens is 572 g/mol. The molecule has 0 radical (unpaired) electrons. The number of nitrogens with zero attached hydrogens (tertiary/aromatic N) is 3. The Morgan fingerprint density at radius 2 is 1.80 bits per heavy atom. The highest BCUT2D eigenvalue weighted by atomic mass is 16.2. The minimum Gasteiger partial charge on any atom is -0.384 e. The largest absolute Gasteiger partial charge is 0.384 e. The van der Waals surface area contributed by atoms with Gasteiger partial charge in [0.05, 0.1) is 11.4 Å². The van der Waals surface area contributed by atoms with E-state index in [2.05, 4.69) is 49.7 Å². The van der Waals surface area contributed by atoms with Gasteiger partial charge in [-0.05, 0) is 98.7 Å². The fraction of sp³-hybridized carbons (Fsp3) is 0.342. The molecule has 236 valence electrons. The monoisotopic (exact) mass is 614 g/mol. The summed E-state index contributed by atoms with van der Waals surface area (Å²) in [5.74, 6) is 0.0366. The summed E-state index contributed by atoms with van der Waals surface area (Å²) in [5, 5.41) is 12.2. The zero-order chi connectivity index (χ0) is 31.5. The first kappa shape index (κ1) is 30.0. The summed E-state index contributed by atoms with van der Waals surface area (Å²) in [6.07, 6.45) is 8.31. The van der Waals surface area contributed by atoms with Gasteiger partial charge in [0.2, 0.25) is 5.91 Å². The van der Waals surface area contributed by atoms with Crippen LogP contribution in [0.5, 0.6) is 0 Å². The van der Waals surface area contributed by atoms with Crippen LogP contribution in [0.2, 0.25) is 0 Å². The van der Waals surface area contributed by atoms with Gasteiger partial charge in [0.1, 0.15) is 0 Å². The van der Waals surface area contributed by atoms with E-state index in [1.54, 1.807) is 0 Å². The van der Waals surface area contributed by atoms with Gasteiger partial charge in [-0.2, -0.15) is 0 Å². The molecule has 0 spiro atoms. The lowest BCUT2D eigenvalue weighted by Gasteiger charge is -2.21. The SMILES string of the molecule is Cn1ccc2cc(NC(=O)c3ccc(CN4CC[C@H](C(=O)NCCCNc5c6c(nc7ccccc57)CCCC6)C4)cc3)ccc21. The van der Waals surface area contributed by atoms with Crippen molar-refractivity contribution < 1.29 is 9.59 Å². The molecule has 2 amide bonds. The van der Waals surface area contributed by atoms with Crippen LogP contribution in [0.15, 0.2) is 79.0 Å². The first-order chi connectivity index (χ1) is 22.5. The number of amides is 2. The molecule has 8 nitrogen and oxygen atoms in total. The molecule has 3 N–H and O–H groups in total. The van der Waals surface area contributed by atoms with E-state index in [0.717, 1.165) is 79.5 Å². The van der Waals surface area contributed by atoms with Crippen molar-refractivity contribution in [1.29, 1.82) is 0 Å². The van der Waals surface area contributed by atoms with Crippen LogP contribution in [-0.4, -0.2) is 52.4 Å². The molecule has 1 aliphatic heterocycles. The Morgan fingerprint density at radius 1 is 0.957 bits per heavy atom. The molecule has 1 atom stereocenters. The summed E-state index contributed by atoms with van der Waals surface area (Å²) >= 11 is 0. The van der Waals surface area contributed by atoms with Crippen molar-refractivity contribution in [2.75, 3.05) is 36.8 Å². The molecule has 3 heterocycles. The molecule has 2 aromatic heterocycles. The summed E-state index contributed by atoms with van der Waals surface area (Å²) < 4.78 is 2.06. The van der Waals surface area contributed by atoms with Gasteiger partial charge in [0.25, 0.3) is 5.91 Å². The molecular formula is C38H42N6O2. The number of para-hydroxylation sites is 1. The number of carbonyl (C=O) groups is 2. The Bertz CT molecular complexity index is 1880. The Hall–Kier alpha value is -4.69. The fourth-order valence-electron chi connectivity index (χ4n) is 7.00. The number of likely N-dealkylation sites (tertiary alicyclic amines) is 1. The van der Waals surface area contributed by atoms with Crippen LogP contribution >= 0.6 is 0 Å². The molecule has 2 aliphatic rings. The Labute approximate surface area is 270 Å². The van der Waals surface area contributed by atoms with Crippen LogP contribution in [0, 0.1) is 5.92 Å². The minimum atomic E-state index is -0.122. The van der Waals surface area contributed by atoms with E-state index in [4.69, 9.17) is 4.98 Å². The van der Waals surface area contributed by atoms with Crippen molar-refractivity contribution in [2.24, 2.45) is 13.0 Å². The quantitative estimate of drug-likeness (QED) is 0.161. The van der Waals surface area contributed by atoms with Crippen molar-refractivity contribution in [3.63, 3.8) is 0 Å². The normalized spacial score (nSPS) is 16.4. The smallest absolute Gasteiger partial charge is 0.255 e. The zero-order valence-corrected chi connectivity index (χ0v) is 26.5. The van der Waals surface area contributed by atoms with Gasteiger partial charge in [0.15, 0.2) is 0 Å². The van der Waals surface area contributed by atoms with Crippen molar-refractivity contribution in [1.82, 2.24) is 19.8 Å². The van der Waals surface area contributed by atoms with Gasteiger partial charge in [-0.15, -0.1) is 0 Å². The van der Waals surface area contributed by atoms with E-state index < -0.39 is 0 Å². The molecule has 3 aromatic carbocycles. The number of fused-ring (bicyclic) bond motifs is 3. The third-order valence-electron chi connectivity index (χ3n) is 9.53. The van der Waals surface area contributed by atoms with Gasteiger partial charge in [-0.25, -0.2) is 0 Å². The number of rotatable bonds is 10. The molecule has 7 rings (SSSR count). The van der Waals surface area contributed by atoms with E-state index >= 15 is 0 Å². The number of nitrogens with one attached hydrogen (secondary N) is 3. The summed E-state index contributed by atoms with van der Waals surface area (Å²) in [4.78, 5) is 33.1. The second-order valence-electron chi connectivity index (χ2n) is 12.8. The highest BCUT2D eigenvalue weighted by Gasteiger charge is 2.28. The average molecular weight is 615 g/mol. The molecule has 8 heteroatoms. The highest BCUT2D eigenvalue weighted by molar-refractivity contribution is 6.05. The van der Waals surface area contributed by atoms with Crippen molar-refractivity contribution in [3.8, 4) is 0 Å². The molecule has 0 saturated carbocycles. The van der Waals surface area contributed by atoms with E-state index in [0.29, 0.717) is 12.1 Å². The lowest BCUT2D eigenvalue weighted by Crippen LogP contribution is -2.33. The fourth-order valence-corrected chi connectivity index (χ4v) is 7.00. The summed E-state index contributed by atoms with van der Waals surface area (Å²) in [7, 11) is 2.01. The maximum atomic E-state index is 13.0. The summed E-state index contributed by atoms with van der Waals surface area (Å²) in [5.41, 5.74) is 8.59. The minimum absolute atomic E-state index is 0.0103. The van der Waals surface area contributed by atoms with Crippen LogP contribution in [0.3, 0.4) is 0 Å². The zero-order valence-electron chi connectivity index (χ0n) is 26.5. The van der Waals surface area contributed by atoms with E-state index in [1.165, 1.54) is 35.2 Å². The molecule has 5 aromatic rings. The topological polar surface area (TPSA) is 91.3 Å². The number of carbonyl (C=O) groups excluding carboxylic acids is 2. The number of benzene rings is 3. The molecule has 46 heavy (non-hydrogen) atoms. The second kappa shape index (κ2) is 13.3. The second-order valence-corrected chi connectivity index (χ2v) is 12.8. The number of aryl methyl sites for hydroxylation is 2. The Balaban J connectivity index is 0.854. The van der Waals surface area contributed by atoms with Gasteiger partial charge < -0.3 is 20.5 Å². The predicted octanol–water partition coefficient (Wildman–Crippen LogP) is 6.30. The maximum absolute atomic E-state index is 13.0. The molecule has 0 bridgehead atoms. The van der Waals surface area contributed by atoms with E-state index in [-0.39, 0.29) is 17.7 Å². The van der Waals surface area contributed by atoms with Crippen molar-refractivity contribution >= 4 is 45.0 Å². The maximum Gasteiger partial charge on any atom is 0.255 e. The van der Waals surface area contributed by atoms with Crippen molar-refractivity contribution in [3.05, 3.63) is 101 Å². The first-order valence-corrected chi connectivity index (χ1v) is 16.6. The number of pyridine rings is 1. The standard InChI is InChI=1S/C38H42N6O2/c1-43-21-17-28-23-30(15-16-35(28)43)41-38(46)27-13-11-26(12-14-27)24-44-22-18-29(25-44)37(45)40-20-6-19-39-36-31-7-2-4-9-33(31)42-34-10-5-3-8-32(34)36/h2,4,7,9,11-17,21,23,29H,3,5-6,8,10,18-20,22,24-25H2,1H3,(H,39,42)(H,40,45)(H,41,46)/t29-/m0/s1. The van der Waals surface area contributed by atoms with Crippen LogP contribution in [0.4, 0.5) is 11.4 Å². The van der Waals surface area contributed by atoms with Crippen molar-refractivity contribution in [2.45, 2.75) is 45.1 Å². The molecule has 0 unspecified atom stereocenters. The Kier molecular flexibility index (Phi) is 8.70. The third kappa shape index (κ3) is 6.49. The van der Waals surface area contributed by atoms with Crippen LogP contribution in [0.25, 0.3) is 21.8 Å². The van der Waals surface area contributed by atoms with E-state index in [9.17, 15) is 9.59 Å². The van der Waals surface area contributed by atoms with E-state index in [1.807, 2.05) is 61.8 Å². The van der Waals surface area contributed by atoms with Crippen LogP contribution in [-0.2, 0) is 31.2 Å². The number of anilines is 2. The first-order valence-electron chi connectivity index (χ1n) is 16.6. The summed E-state index contributed by atoms with van der Waals surface area (Å²) in [6, 6.07) is 24.2.